The summed E-state index contributed by atoms with van der Waals surface area (Å²) in [5.41, 5.74) is 0. The Labute approximate surface area is 123 Å². The highest BCUT2D eigenvalue weighted by molar-refractivity contribution is 5.77. The molecule has 0 aliphatic rings. The summed E-state index contributed by atoms with van der Waals surface area (Å²) >= 11 is 0. The Balaban J connectivity index is 3.61. The third-order valence-corrected chi connectivity index (χ3v) is 3.65. The first-order chi connectivity index (χ1) is 9.49. The van der Waals surface area contributed by atoms with E-state index in [1.165, 1.54) is 32.1 Å². The van der Waals surface area contributed by atoms with Crippen LogP contribution in [0, 0.1) is 11.8 Å². The Morgan fingerprint density at radius 1 is 1.00 bits per heavy atom. The van der Waals surface area contributed by atoms with E-state index in [9.17, 15) is 9.59 Å². The van der Waals surface area contributed by atoms with Crippen LogP contribution < -0.4 is 5.32 Å². The fourth-order valence-electron chi connectivity index (χ4n) is 2.16. The zero-order valence-electron chi connectivity index (χ0n) is 13.3. The van der Waals surface area contributed by atoms with Crippen molar-refractivity contribution < 1.29 is 14.7 Å². The van der Waals surface area contributed by atoms with Crippen molar-refractivity contribution >= 4 is 11.9 Å². The summed E-state index contributed by atoms with van der Waals surface area (Å²) in [6.45, 7) is 6.16. The molecular weight excluding hydrogens is 254 g/mol. The van der Waals surface area contributed by atoms with Gasteiger partial charge >= 0.3 is 5.97 Å². The average Bonchev–Trinajstić information content (AvgIpc) is 2.37. The molecule has 0 aliphatic heterocycles. The van der Waals surface area contributed by atoms with Crippen LogP contribution in [0.1, 0.15) is 72.1 Å². The zero-order chi connectivity index (χ0) is 15.4. The van der Waals surface area contributed by atoms with Gasteiger partial charge in [-0.1, -0.05) is 59.3 Å². The van der Waals surface area contributed by atoms with E-state index in [4.69, 9.17) is 5.11 Å². The molecule has 0 fully saturated rings. The number of rotatable bonds is 12. The number of carbonyl (C=O) groups is 2. The minimum Gasteiger partial charge on any atom is -0.481 e. The van der Waals surface area contributed by atoms with Gasteiger partial charge in [0.15, 0.2) is 0 Å². The van der Waals surface area contributed by atoms with Crippen molar-refractivity contribution in [2.75, 3.05) is 6.54 Å². The van der Waals surface area contributed by atoms with Gasteiger partial charge < -0.3 is 10.4 Å². The van der Waals surface area contributed by atoms with Gasteiger partial charge in [0.2, 0.25) is 5.91 Å². The maximum atomic E-state index is 11.6. The molecule has 0 saturated carbocycles. The number of unbranched alkanes of at least 4 members (excludes halogenated alkanes) is 6. The first-order valence-electron chi connectivity index (χ1n) is 7.98. The predicted octanol–water partition coefficient (Wildman–Crippen LogP) is 3.60. The SMILES string of the molecule is CCCCCCCCCC(=O)NCC(C(=O)O)C(C)C. The van der Waals surface area contributed by atoms with Gasteiger partial charge in [0.1, 0.15) is 0 Å². The molecular formula is C16H31NO3. The molecule has 4 heteroatoms. The monoisotopic (exact) mass is 285 g/mol. The van der Waals surface area contributed by atoms with Crippen LogP contribution in [0.3, 0.4) is 0 Å². The lowest BCUT2D eigenvalue weighted by Gasteiger charge is -2.16. The second kappa shape index (κ2) is 11.7. The molecule has 2 N–H and O–H groups in total. The van der Waals surface area contributed by atoms with Crippen molar-refractivity contribution in [1.29, 1.82) is 0 Å². The molecule has 4 nitrogen and oxygen atoms in total. The summed E-state index contributed by atoms with van der Waals surface area (Å²) in [7, 11) is 0. The van der Waals surface area contributed by atoms with Gasteiger partial charge in [0.05, 0.1) is 5.92 Å². The fraction of sp³-hybridized carbons (Fsp3) is 0.875. The maximum absolute atomic E-state index is 11.6. The van der Waals surface area contributed by atoms with E-state index in [-0.39, 0.29) is 18.4 Å². The van der Waals surface area contributed by atoms with Gasteiger partial charge in [-0.25, -0.2) is 0 Å². The van der Waals surface area contributed by atoms with Crippen LogP contribution >= 0.6 is 0 Å². The van der Waals surface area contributed by atoms with Gasteiger partial charge in [-0.05, 0) is 12.3 Å². The van der Waals surface area contributed by atoms with Crippen molar-refractivity contribution in [3.05, 3.63) is 0 Å². The minimum atomic E-state index is -0.837. The van der Waals surface area contributed by atoms with Crippen molar-refractivity contribution in [3.63, 3.8) is 0 Å². The molecule has 0 aromatic carbocycles. The van der Waals surface area contributed by atoms with Crippen LogP contribution in [0.15, 0.2) is 0 Å². The number of carbonyl (C=O) groups excluding carboxylic acids is 1. The molecule has 1 atom stereocenters. The lowest BCUT2D eigenvalue weighted by molar-refractivity contribution is -0.143. The molecule has 0 spiro atoms. The smallest absolute Gasteiger partial charge is 0.308 e. The van der Waals surface area contributed by atoms with E-state index in [1.807, 2.05) is 13.8 Å². The first kappa shape index (κ1) is 18.9. The van der Waals surface area contributed by atoms with Crippen LogP contribution in [-0.4, -0.2) is 23.5 Å². The molecule has 0 radical (unpaired) electrons. The predicted molar refractivity (Wildman–Crippen MR) is 81.6 cm³/mol. The van der Waals surface area contributed by atoms with Crippen molar-refractivity contribution in [1.82, 2.24) is 5.32 Å². The molecule has 0 saturated heterocycles. The van der Waals surface area contributed by atoms with Crippen LogP contribution in [-0.2, 0) is 9.59 Å². The van der Waals surface area contributed by atoms with Crippen LogP contribution in [0.2, 0.25) is 0 Å². The Hall–Kier alpha value is -1.06. The highest BCUT2D eigenvalue weighted by Gasteiger charge is 2.21. The third-order valence-electron chi connectivity index (χ3n) is 3.65. The molecule has 118 valence electrons. The maximum Gasteiger partial charge on any atom is 0.308 e. The van der Waals surface area contributed by atoms with E-state index in [0.717, 1.165) is 12.8 Å². The summed E-state index contributed by atoms with van der Waals surface area (Å²) in [5.74, 6) is -1.32. The van der Waals surface area contributed by atoms with E-state index < -0.39 is 11.9 Å². The van der Waals surface area contributed by atoms with Crippen molar-refractivity contribution in [2.24, 2.45) is 11.8 Å². The average molecular weight is 285 g/mol. The second-order valence-electron chi connectivity index (χ2n) is 5.86. The van der Waals surface area contributed by atoms with Gasteiger partial charge in [0, 0.05) is 13.0 Å². The van der Waals surface area contributed by atoms with Crippen molar-refractivity contribution in [3.8, 4) is 0 Å². The largest absolute Gasteiger partial charge is 0.481 e. The van der Waals surface area contributed by atoms with E-state index in [2.05, 4.69) is 12.2 Å². The Morgan fingerprint density at radius 2 is 1.55 bits per heavy atom. The minimum absolute atomic E-state index is 0.0227. The molecule has 20 heavy (non-hydrogen) atoms. The highest BCUT2D eigenvalue weighted by Crippen LogP contribution is 2.11. The quantitative estimate of drug-likeness (QED) is 0.538. The number of carboxylic acid groups (broad SMARTS) is 1. The zero-order valence-corrected chi connectivity index (χ0v) is 13.3. The lowest BCUT2D eigenvalue weighted by Crippen LogP contribution is -2.35. The Kier molecular flexibility index (Phi) is 11.1. The number of amides is 1. The van der Waals surface area contributed by atoms with Gasteiger partial charge in [-0.2, -0.15) is 0 Å². The Morgan fingerprint density at radius 3 is 2.05 bits per heavy atom. The van der Waals surface area contributed by atoms with Crippen LogP contribution in [0.25, 0.3) is 0 Å². The molecule has 1 amide bonds. The Bertz CT molecular complexity index is 277. The molecule has 0 bridgehead atoms. The van der Waals surface area contributed by atoms with Crippen LogP contribution in [0.4, 0.5) is 0 Å². The fourth-order valence-corrected chi connectivity index (χ4v) is 2.16. The molecule has 0 aliphatic carbocycles. The topological polar surface area (TPSA) is 66.4 Å². The van der Waals surface area contributed by atoms with Gasteiger partial charge in [-0.3, -0.25) is 9.59 Å². The normalized spacial score (nSPS) is 12.4. The number of aliphatic carboxylic acids is 1. The number of hydrogen-bond acceptors (Lipinski definition) is 2. The van der Waals surface area contributed by atoms with Crippen molar-refractivity contribution in [2.45, 2.75) is 72.1 Å². The molecule has 0 heterocycles. The summed E-state index contributed by atoms with van der Waals surface area (Å²) in [5, 5.41) is 11.8. The molecule has 0 aromatic rings. The summed E-state index contributed by atoms with van der Waals surface area (Å²) in [4.78, 5) is 22.6. The summed E-state index contributed by atoms with van der Waals surface area (Å²) in [6, 6.07) is 0. The third kappa shape index (κ3) is 9.82. The van der Waals surface area contributed by atoms with Gasteiger partial charge in [-0.15, -0.1) is 0 Å². The number of nitrogens with one attached hydrogen (secondary N) is 1. The van der Waals surface area contributed by atoms with Gasteiger partial charge in [0.25, 0.3) is 0 Å². The summed E-state index contributed by atoms with van der Waals surface area (Å²) < 4.78 is 0. The van der Waals surface area contributed by atoms with E-state index >= 15 is 0 Å². The molecule has 1 unspecified atom stereocenters. The number of carboxylic acids is 1. The lowest BCUT2D eigenvalue weighted by atomic mass is 9.96. The summed E-state index contributed by atoms with van der Waals surface area (Å²) in [6.07, 6.45) is 8.78. The highest BCUT2D eigenvalue weighted by atomic mass is 16.4. The van der Waals surface area contributed by atoms with Crippen LogP contribution in [0.5, 0.6) is 0 Å². The number of hydrogen-bond donors (Lipinski definition) is 2. The van der Waals surface area contributed by atoms with E-state index in [1.54, 1.807) is 0 Å². The molecule has 0 aromatic heterocycles. The molecule has 0 rings (SSSR count). The standard InChI is InChI=1S/C16H31NO3/c1-4-5-6-7-8-9-10-11-15(18)17-12-14(13(2)3)16(19)20/h13-14H,4-12H2,1-3H3,(H,17,18)(H,19,20). The first-order valence-corrected chi connectivity index (χ1v) is 7.98. The van der Waals surface area contributed by atoms with E-state index in [0.29, 0.717) is 6.42 Å². The second-order valence-corrected chi connectivity index (χ2v) is 5.86.